The molecule has 0 aliphatic carbocycles. The summed E-state index contributed by atoms with van der Waals surface area (Å²) < 4.78 is 10.1. The number of carboxylic acid groups (broad SMARTS) is 1. The molecule has 0 aliphatic heterocycles. The van der Waals surface area contributed by atoms with Gasteiger partial charge < -0.3 is 25.2 Å². The van der Waals surface area contributed by atoms with E-state index in [1.807, 2.05) is 48.5 Å². The number of carbonyl (C=O) groups is 3. The van der Waals surface area contributed by atoms with E-state index in [0.29, 0.717) is 19.4 Å². The van der Waals surface area contributed by atoms with Crippen LogP contribution in [0.25, 0.3) is 0 Å². The summed E-state index contributed by atoms with van der Waals surface area (Å²) in [6.07, 6.45) is -0.0544. The van der Waals surface area contributed by atoms with Crippen LogP contribution in [0.1, 0.15) is 30.4 Å². The molecule has 0 saturated carbocycles. The summed E-state index contributed by atoms with van der Waals surface area (Å²) in [5, 5.41) is 14.2. The summed E-state index contributed by atoms with van der Waals surface area (Å²) in [6.45, 7) is 0.592. The number of rotatable bonds is 11. The zero-order valence-electron chi connectivity index (χ0n) is 16.6. The van der Waals surface area contributed by atoms with Crippen molar-refractivity contribution >= 4 is 18.2 Å². The van der Waals surface area contributed by atoms with Crippen molar-refractivity contribution in [2.24, 2.45) is 0 Å². The standard InChI is InChI=1S/C22H26N2O6/c25-20(26)19(24-22(28)30-16-18-11-5-2-6-12-18)13-7-8-14-23-21(27)29-15-17-9-3-1-4-10-17/h1-6,9-12,19H,7-8,13-16H2,(H,23,27)(H,24,28)(H,25,26). The third-order valence-corrected chi connectivity index (χ3v) is 4.20. The molecule has 2 amide bonds. The van der Waals surface area contributed by atoms with Gasteiger partial charge in [-0.2, -0.15) is 0 Å². The molecule has 0 spiro atoms. The van der Waals surface area contributed by atoms with Gasteiger partial charge in [-0.3, -0.25) is 0 Å². The maximum absolute atomic E-state index is 11.8. The summed E-state index contributed by atoms with van der Waals surface area (Å²) >= 11 is 0. The van der Waals surface area contributed by atoms with E-state index in [-0.39, 0.29) is 19.6 Å². The number of ether oxygens (including phenoxy) is 2. The molecule has 1 atom stereocenters. The second-order valence-corrected chi connectivity index (χ2v) is 6.58. The molecule has 0 fully saturated rings. The fourth-order valence-corrected chi connectivity index (χ4v) is 2.60. The molecule has 8 nitrogen and oxygen atoms in total. The molecule has 1 unspecified atom stereocenters. The zero-order chi connectivity index (χ0) is 21.6. The summed E-state index contributed by atoms with van der Waals surface area (Å²) in [7, 11) is 0. The molecule has 8 heteroatoms. The lowest BCUT2D eigenvalue weighted by Crippen LogP contribution is -2.41. The van der Waals surface area contributed by atoms with Crippen LogP contribution in [0, 0.1) is 0 Å². The fourth-order valence-electron chi connectivity index (χ4n) is 2.60. The van der Waals surface area contributed by atoms with E-state index in [9.17, 15) is 19.5 Å². The van der Waals surface area contributed by atoms with E-state index < -0.39 is 24.2 Å². The first-order valence-electron chi connectivity index (χ1n) is 9.69. The maximum Gasteiger partial charge on any atom is 0.408 e. The predicted octanol–water partition coefficient (Wildman–Crippen LogP) is 3.46. The van der Waals surface area contributed by atoms with Crippen LogP contribution in [0.15, 0.2) is 60.7 Å². The van der Waals surface area contributed by atoms with Gasteiger partial charge in [-0.1, -0.05) is 60.7 Å². The average Bonchev–Trinajstić information content (AvgIpc) is 2.76. The van der Waals surface area contributed by atoms with Crippen molar-refractivity contribution < 1.29 is 29.0 Å². The molecule has 0 aliphatic rings. The smallest absolute Gasteiger partial charge is 0.408 e. The minimum absolute atomic E-state index is 0.0635. The highest BCUT2D eigenvalue weighted by molar-refractivity contribution is 5.79. The molecule has 30 heavy (non-hydrogen) atoms. The molecule has 0 radical (unpaired) electrons. The van der Waals surface area contributed by atoms with Gasteiger partial charge >= 0.3 is 18.2 Å². The van der Waals surface area contributed by atoms with Gasteiger partial charge in [0.1, 0.15) is 19.3 Å². The Morgan fingerprint density at radius 2 is 1.33 bits per heavy atom. The molecule has 0 bridgehead atoms. The van der Waals surface area contributed by atoms with Crippen LogP contribution in [-0.2, 0) is 27.5 Å². The Kier molecular flexibility index (Phi) is 9.72. The quantitative estimate of drug-likeness (QED) is 0.485. The molecule has 2 aromatic rings. The van der Waals surface area contributed by atoms with Crippen LogP contribution in [-0.4, -0.2) is 35.8 Å². The van der Waals surface area contributed by atoms with Crippen LogP contribution < -0.4 is 10.6 Å². The van der Waals surface area contributed by atoms with Crippen LogP contribution in [0.5, 0.6) is 0 Å². The van der Waals surface area contributed by atoms with Crippen molar-refractivity contribution in [3.63, 3.8) is 0 Å². The van der Waals surface area contributed by atoms with Crippen molar-refractivity contribution in [3.8, 4) is 0 Å². The number of hydrogen-bond acceptors (Lipinski definition) is 5. The lowest BCUT2D eigenvalue weighted by Gasteiger charge is -2.14. The van der Waals surface area contributed by atoms with E-state index in [1.165, 1.54) is 0 Å². The number of carbonyl (C=O) groups excluding carboxylic acids is 2. The molecule has 0 saturated heterocycles. The number of hydrogen-bond donors (Lipinski definition) is 3. The Balaban J connectivity index is 1.59. The van der Waals surface area contributed by atoms with Crippen molar-refractivity contribution in [2.75, 3.05) is 6.54 Å². The Morgan fingerprint density at radius 1 is 0.800 bits per heavy atom. The van der Waals surface area contributed by atoms with Crippen LogP contribution in [0.3, 0.4) is 0 Å². The van der Waals surface area contributed by atoms with Gasteiger partial charge in [0.15, 0.2) is 0 Å². The number of amides is 2. The van der Waals surface area contributed by atoms with Gasteiger partial charge in [0.2, 0.25) is 0 Å². The van der Waals surface area contributed by atoms with Crippen molar-refractivity contribution in [1.82, 2.24) is 10.6 Å². The van der Waals surface area contributed by atoms with E-state index in [4.69, 9.17) is 9.47 Å². The van der Waals surface area contributed by atoms with Gasteiger partial charge in [0.05, 0.1) is 0 Å². The summed E-state index contributed by atoms with van der Waals surface area (Å²) in [4.78, 5) is 34.8. The first kappa shape index (κ1) is 22.7. The third-order valence-electron chi connectivity index (χ3n) is 4.20. The Morgan fingerprint density at radius 3 is 1.87 bits per heavy atom. The number of aliphatic carboxylic acids is 1. The normalized spacial score (nSPS) is 11.2. The number of benzene rings is 2. The van der Waals surface area contributed by atoms with E-state index in [2.05, 4.69) is 10.6 Å². The zero-order valence-corrected chi connectivity index (χ0v) is 16.6. The second-order valence-electron chi connectivity index (χ2n) is 6.58. The number of unbranched alkanes of at least 4 members (excludes halogenated alkanes) is 1. The first-order valence-corrected chi connectivity index (χ1v) is 9.69. The molecular weight excluding hydrogens is 388 g/mol. The van der Waals surface area contributed by atoms with Crippen molar-refractivity contribution in [3.05, 3.63) is 71.8 Å². The van der Waals surface area contributed by atoms with Crippen molar-refractivity contribution in [2.45, 2.75) is 38.5 Å². The van der Waals surface area contributed by atoms with E-state index in [0.717, 1.165) is 11.1 Å². The minimum Gasteiger partial charge on any atom is -0.480 e. The Hall–Kier alpha value is -3.55. The topological polar surface area (TPSA) is 114 Å². The van der Waals surface area contributed by atoms with Crippen molar-refractivity contribution in [1.29, 1.82) is 0 Å². The summed E-state index contributed by atoms with van der Waals surface area (Å²) in [6, 6.07) is 17.4. The summed E-state index contributed by atoms with van der Waals surface area (Å²) in [5.41, 5.74) is 1.70. The van der Waals surface area contributed by atoms with Crippen LogP contribution >= 0.6 is 0 Å². The second kappa shape index (κ2) is 12.8. The average molecular weight is 414 g/mol. The largest absolute Gasteiger partial charge is 0.480 e. The molecule has 2 rings (SSSR count). The monoisotopic (exact) mass is 414 g/mol. The highest BCUT2D eigenvalue weighted by Gasteiger charge is 2.20. The van der Waals surface area contributed by atoms with Gasteiger partial charge in [0.25, 0.3) is 0 Å². The number of nitrogens with one attached hydrogen (secondary N) is 2. The molecule has 3 N–H and O–H groups in total. The highest BCUT2D eigenvalue weighted by Crippen LogP contribution is 2.05. The molecule has 2 aromatic carbocycles. The van der Waals surface area contributed by atoms with E-state index in [1.54, 1.807) is 12.1 Å². The molecular formula is C22H26N2O6. The highest BCUT2D eigenvalue weighted by atomic mass is 16.6. The molecule has 0 heterocycles. The first-order chi connectivity index (χ1) is 14.5. The maximum atomic E-state index is 11.8. The minimum atomic E-state index is -1.14. The van der Waals surface area contributed by atoms with Crippen LogP contribution in [0.2, 0.25) is 0 Å². The summed E-state index contributed by atoms with van der Waals surface area (Å²) in [5.74, 6) is -1.14. The van der Waals surface area contributed by atoms with Crippen LogP contribution in [0.4, 0.5) is 9.59 Å². The Labute approximate surface area is 175 Å². The van der Waals surface area contributed by atoms with Gasteiger partial charge in [-0.15, -0.1) is 0 Å². The van der Waals surface area contributed by atoms with Gasteiger partial charge in [0, 0.05) is 6.54 Å². The van der Waals surface area contributed by atoms with E-state index >= 15 is 0 Å². The number of carboxylic acids is 1. The lowest BCUT2D eigenvalue weighted by molar-refractivity contribution is -0.139. The van der Waals surface area contributed by atoms with Gasteiger partial charge in [-0.05, 0) is 30.4 Å². The lowest BCUT2D eigenvalue weighted by atomic mass is 10.1. The molecule has 160 valence electrons. The van der Waals surface area contributed by atoms with Gasteiger partial charge in [-0.25, -0.2) is 14.4 Å². The molecule has 0 aromatic heterocycles. The number of alkyl carbamates (subject to hydrolysis) is 2. The fraction of sp³-hybridized carbons (Fsp3) is 0.318. The SMILES string of the molecule is O=C(NCCCCC(NC(=O)OCc1ccccc1)C(=O)O)OCc1ccccc1. The third kappa shape index (κ3) is 9.09. The Bertz CT molecular complexity index is 798. The predicted molar refractivity (Wildman–Crippen MR) is 110 cm³/mol.